The maximum absolute atomic E-state index is 12.1. The SMILES string of the molecule is CCC(C)[C@H]1CCC(=O)c2cc3cnc(Cl)nc3n21. The van der Waals surface area contributed by atoms with E-state index in [-0.39, 0.29) is 11.1 Å². The topological polar surface area (TPSA) is 47.8 Å². The minimum absolute atomic E-state index is 0.189. The minimum atomic E-state index is 0.189. The predicted octanol–water partition coefficient (Wildman–Crippen LogP) is 3.65. The Balaban J connectivity index is 2.25. The van der Waals surface area contributed by atoms with Crippen molar-refractivity contribution in [2.45, 2.75) is 39.2 Å². The summed E-state index contributed by atoms with van der Waals surface area (Å²) in [7, 11) is 0. The molecule has 0 amide bonds. The molecule has 2 aromatic rings. The van der Waals surface area contributed by atoms with Crippen molar-refractivity contribution < 1.29 is 4.79 Å². The number of hydrogen-bond acceptors (Lipinski definition) is 3. The van der Waals surface area contributed by atoms with E-state index in [9.17, 15) is 4.79 Å². The van der Waals surface area contributed by atoms with Gasteiger partial charge in [-0.05, 0) is 30.0 Å². The number of aromatic nitrogens is 3. The molecule has 2 atom stereocenters. The van der Waals surface area contributed by atoms with Crippen molar-refractivity contribution in [3.8, 4) is 0 Å². The predicted molar refractivity (Wildman–Crippen MR) is 74.6 cm³/mol. The zero-order valence-electron chi connectivity index (χ0n) is 11.1. The van der Waals surface area contributed by atoms with Crippen LogP contribution >= 0.6 is 11.6 Å². The highest BCUT2D eigenvalue weighted by molar-refractivity contribution is 6.28. The molecule has 5 heteroatoms. The number of rotatable bonds is 2. The van der Waals surface area contributed by atoms with Gasteiger partial charge in [0.2, 0.25) is 5.28 Å². The molecule has 0 saturated heterocycles. The molecule has 0 spiro atoms. The summed E-state index contributed by atoms with van der Waals surface area (Å²) in [5, 5.41) is 1.12. The molecule has 0 aliphatic carbocycles. The van der Waals surface area contributed by atoms with Crippen molar-refractivity contribution in [1.29, 1.82) is 0 Å². The third kappa shape index (κ3) is 1.94. The summed E-state index contributed by atoms with van der Waals surface area (Å²) < 4.78 is 2.07. The van der Waals surface area contributed by atoms with E-state index >= 15 is 0 Å². The van der Waals surface area contributed by atoms with Crippen LogP contribution in [0.15, 0.2) is 12.3 Å². The van der Waals surface area contributed by atoms with Crippen molar-refractivity contribution in [3.05, 3.63) is 23.2 Å². The van der Waals surface area contributed by atoms with Gasteiger partial charge >= 0.3 is 0 Å². The summed E-state index contributed by atoms with van der Waals surface area (Å²) in [5.41, 5.74) is 1.54. The standard InChI is InChI=1S/C14H16ClN3O/c1-3-8(2)10-4-5-12(19)11-6-9-7-16-14(15)17-13(9)18(10)11/h6-8,10H,3-5H2,1-2H3/t8?,10-/m1/s1. The lowest BCUT2D eigenvalue weighted by molar-refractivity contribution is 0.0931. The molecule has 3 rings (SSSR count). The monoisotopic (exact) mass is 277 g/mol. The van der Waals surface area contributed by atoms with E-state index < -0.39 is 0 Å². The Labute approximate surface area is 116 Å². The van der Waals surface area contributed by atoms with Crippen molar-refractivity contribution in [1.82, 2.24) is 14.5 Å². The first kappa shape index (κ1) is 12.6. The minimum Gasteiger partial charge on any atom is -0.319 e. The fourth-order valence-corrected chi connectivity index (χ4v) is 3.01. The second kappa shape index (κ2) is 4.60. The molecule has 0 radical (unpaired) electrons. The summed E-state index contributed by atoms with van der Waals surface area (Å²) in [6.07, 6.45) is 4.27. The van der Waals surface area contributed by atoms with Crippen LogP contribution in [0.1, 0.15) is 49.6 Å². The quantitative estimate of drug-likeness (QED) is 0.787. The Morgan fingerprint density at radius 3 is 3.11 bits per heavy atom. The molecule has 100 valence electrons. The Morgan fingerprint density at radius 1 is 1.58 bits per heavy atom. The summed E-state index contributed by atoms with van der Waals surface area (Å²) >= 11 is 5.90. The normalized spacial score (nSPS) is 20.6. The first-order valence-electron chi connectivity index (χ1n) is 6.68. The fourth-order valence-electron chi connectivity index (χ4n) is 2.88. The molecule has 0 N–H and O–H groups in total. The van der Waals surface area contributed by atoms with Gasteiger partial charge in [0, 0.05) is 24.0 Å². The first-order valence-corrected chi connectivity index (χ1v) is 7.06. The molecule has 1 unspecified atom stereocenters. The molecular formula is C14H16ClN3O. The number of carbonyl (C=O) groups excluding carboxylic acids is 1. The Kier molecular flexibility index (Phi) is 3.05. The second-order valence-corrected chi connectivity index (χ2v) is 5.57. The molecule has 1 aliphatic rings. The smallest absolute Gasteiger partial charge is 0.224 e. The average Bonchev–Trinajstić information content (AvgIpc) is 2.78. The van der Waals surface area contributed by atoms with E-state index in [0.717, 1.165) is 29.6 Å². The van der Waals surface area contributed by atoms with Crippen LogP contribution in [0.25, 0.3) is 11.0 Å². The molecule has 1 aliphatic heterocycles. The van der Waals surface area contributed by atoms with Gasteiger partial charge in [-0.2, -0.15) is 4.98 Å². The van der Waals surface area contributed by atoms with Gasteiger partial charge in [-0.25, -0.2) is 4.98 Å². The number of nitrogens with zero attached hydrogens (tertiary/aromatic N) is 3. The van der Waals surface area contributed by atoms with Gasteiger partial charge < -0.3 is 4.57 Å². The molecule has 2 aromatic heterocycles. The third-order valence-electron chi connectivity index (χ3n) is 4.13. The largest absolute Gasteiger partial charge is 0.319 e. The van der Waals surface area contributed by atoms with Crippen molar-refractivity contribution in [3.63, 3.8) is 0 Å². The highest BCUT2D eigenvalue weighted by atomic mass is 35.5. The van der Waals surface area contributed by atoms with Crippen LogP contribution in [-0.2, 0) is 0 Å². The highest BCUT2D eigenvalue weighted by Crippen LogP contribution is 2.36. The summed E-state index contributed by atoms with van der Waals surface area (Å²) in [6, 6.07) is 2.21. The lowest BCUT2D eigenvalue weighted by Gasteiger charge is -2.30. The van der Waals surface area contributed by atoms with E-state index in [0.29, 0.717) is 18.4 Å². The summed E-state index contributed by atoms with van der Waals surface area (Å²) in [4.78, 5) is 20.4. The number of Topliss-reactive ketones (excluding diaryl/α,β-unsaturated/α-hetero) is 1. The average molecular weight is 278 g/mol. The van der Waals surface area contributed by atoms with Gasteiger partial charge in [0.1, 0.15) is 5.65 Å². The van der Waals surface area contributed by atoms with Crippen molar-refractivity contribution in [2.75, 3.05) is 0 Å². The molecule has 0 saturated carbocycles. The molecule has 4 nitrogen and oxygen atoms in total. The lowest BCUT2D eigenvalue weighted by atomic mass is 9.90. The lowest BCUT2D eigenvalue weighted by Crippen LogP contribution is -2.26. The number of carbonyl (C=O) groups is 1. The Hall–Kier alpha value is -1.42. The van der Waals surface area contributed by atoms with E-state index in [2.05, 4.69) is 28.4 Å². The van der Waals surface area contributed by atoms with Gasteiger partial charge in [0.25, 0.3) is 0 Å². The van der Waals surface area contributed by atoms with E-state index in [1.807, 2.05) is 6.07 Å². The van der Waals surface area contributed by atoms with Crippen LogP contribution in [0.5, 0.6) is 0 Å². The highest BCUT2D eigenvalue weighted by Gasteiger charge is 2.30. The van der Waals surface area contributed by atoms with Crippen LogP contribution in [-0.4, -0.2) is 20.3 Å². The van der Waals surface area contributed by atoms with Crippen molar-refractivity contribution in [2.24, 2.45) is 5.92 Å². The zero-order chi connectivity index (χ0) is 13.6. The van der Waals surface area contributed by atoms with E-state index in [4.69, 9.17) is 11.6 Å². The number of hydrogen-bond donors (Lipinski definition) is 0. The number of fused-ring (bicyclic) bond motifs is 3. The Morgan fingerprint density at radius 2 is 2.37 bits per heavy atom. The summed E-state index contributed by atoms with van der Waals surface area (Å²) in [6.45, 7) is 4.40. The molecule has 0 aromatic carbocycles. The maximum Gasteiger partial charge on any atom is 0.224 e. The van der Waals surface area contributed by atoms with Gasteiger partial charge in [-0.15, -0.1) is 0 Å². The van der Waals surface area contributed by atoms with Gasteiger partial charge in [-0.1, -0.05) is 20.3 Å². The first-order chi connectivity index (χ1) is 9.11. The van der Waals surface area contributed by atoms with Crippen LogP contribution in [0.2, 0.25) is 5.28 Å². The fraction of sp³-hybridized carbons (Fsp3) is 0.500. The van der Waals surface area contributed by atoms with Crippen LogP contribution in [0.3, 0.4) is 0 Å². The van der Waals surface area contributed by atoms with Gasteiger partial charge in [0.15, 0.2) is 5.78 Å². The van der Waals surface area contributed by atoms with Crippen LogP contribution < -0.4 is 0 Å². The molecule has 0 bridgehead atoms. The second-order valence-electron chi connectivity index (χ2n) is 5.23. The zero-order valence-corrected chi connectivity index (χ0v) is 11.8. The van der Waals surface area contributed by atoms with Gasteiger partial charge in [0.05, 0.1) is 5.69 Å². The van der Waals surface area contributed by atoms with Crippen LogP contribution in [0.4, 0.5) is 0 Å². The van der Waals surface area contributed by atoms with E-state index in [1.165, 1.54) is 0 Å². The van der Waals surface area contributed by atoms with E-state index in [1.54, 1.807) is 6.20 Å². The van der Waals surface area contributed by atoms with Gasteiger partial charge in [-0.3, -0.25) is 4.79 Å². The number of ketones is 1. The van der Waals surface area contributed by atoms with Crippen LogP contribution in [0, 0.1) is 5.92 Å². The summed E-state index contributed by atoms with van der Waals surface area (Å²) in [5.74, 6) is 0.699. The number of halogens is 1. The maximum atomic E-state index is 12.1. The molecular weight excluding hydrogens is 262 g/mol. The van der Waals surface area contributed by atoms with Crippen molar-refractivity contribution >= 4 is 28.4 Å². The molecule has 3 heterocycles. The third-order valence-corrected chi connectivity index (χ3v) is 4.31. The Bertz CT molecular complexity index is 649. The molecule has 0 fully saturated rings. The molecule has 19 heavy (non-hydrogen) atoms.